The van der Waals surface area contributed by atoms with Gasteiger partial charge in [0.1, 0.15) is 0 Å². The number of nitrogens with one attached hydrogen (secondary N) is 3. The summed E-state index contributed by atoms with van der Waals surface area (Å²) in [5.74, 6) is -0.735. The second kappa shape index (κ2) is 4.69. The molecule has 3 rings (SSSR count). The van der Waals surface area contributed by atoms with E-state index in [1.807, 2.05) is 18.2 Å². The number of tetrazole rings is 1. The smallest absolute Gasteiger partial charge is 0.249 e. The number of para-hydroxylation sites is 1. The summed E-state index contributed by atoms with van der Waals surface area (Å²) in [4.78, 5) is 24.7. The third kappa shape index (κ3) is 2.27. The normalized spacial score (nSPS) is 17.5. The van der Waals surface area contributed by atoms with Gasteiger partial charge in [0.05, 0.1) is 5.69 Å². The summed E-state index contributed by atoms with van der Waals surface area (Å²) in [6, 6.07) is 7.29. The lowest BCUT2D eigenvalue weighted by atomic mass is 10.3. The highest BCUT2D eigenvalue weighted by molar-refractivity contribution is 8.01. The first kappa shape index (κ1) is 11.7. The van der Waals surface area contributed by atoms with E-state index in [4.69, 9.17) is 0 Å². The number of hydrogen-bond acceptors (Lipinski definition) is 6. The first-order valence-corrected chi connectivity index (χ1v) is 6.23. The fraction of sp³-hybridized carbons (Fsp3) is 0.100. The van der Waals surface area contributed by atoms with Crippen LogP contribution < -0.4 is 10.6 Å². The Morgan fingerprint density at radius 2 is 2.21 bits per heavy atom. The van der Waals surface area contributed by atoms with E-state index in [9.17, 15) is 9.59 Å². The number of anilines is 2. The Kier molecular flexibility index (Phi) is 2.88. The Hall–Kier alpha value is -2.42. The molecule has 96 valence electrons. The lowest BCUT2D eigenvalue weighted by molar-refractivity contribution is -0.123. The lowest BCUT2D eigenvalue weighted by Gasteiger charge is -2.22. The molecule has 0 radical (unpaired) electrons. The Balaban J connectivity index is 1.79. The molecule has 0 bridgehead atoms. The molecule has 1 aromatic carbocycles. The van der Waals surface area contributed by atoms with Gasteiger partial charge in [0, 0.05) is 4.90 Å². The minimum absolute atomic E-state index is 0.109. The molecule has 3 N–H and O–H groups in total. The van der Waals surface area contributed by atoms with E-state index in [-0.39, 0.29) is 11.9 Å². The molecule has 0 fully saturated rings. The number of benzene rings is 1. The first-order valence-electron chi connectivity index (χ1n) is 5.35. The monoisotopic (exact) mass is 276 g/mol. The van der Waals surface area contributed by atoms with Crippen LogP contribution >= 0.6 is 11.8 Å². The molecule has 2 heterocycles. The van der Waals surface area contributed by atoms with Gasteiger partial charge >= 0.3 is 0 Å². The quantitative estimate of drug-likeness (QED) is 0.678. The summed E-state index contributed by atoms with van der Waals surface area (Å²) in [6.45, 7) is 0. The zero-order valence-electron chi connectivity index (χ0n) is 9.45. The number of carbonyl (C=O) groups is 2. The van der Waals surface area contributed by atoms with E-state index in [0.29, 0.717) is 5.69 Å². The van der Waals surface area contributed by atoms with Gasteiger partial charge in [0.2, 0.25) is 17.8 Å². The van der Waals surface area contributed by atoms with Gasteiger partial charge in [-0.15, -0.1) is 11.8 Å². The van der Waals surface area contributed by atoms with Gasteiger partial charge in [0.15, 0.2) is 5.25 Å². The van der Waals surface area contributed by atoms with Gasteiger partial charge in [-0.3, -0.25) is 14.9 Å². The van der Waals surface area contributed by atoms with Gasteiger partial charge in [-0.25, -0.2) is 5.10 Å². The van der Waals surface area contributed by atoms with Crippen molar-refractivity contribution in [3.05, 3.63) is 24.3 Å². The summed E-state index contributed by atoms with van der Waals surface area (Å²) in [5.41, 5.74) is 0.711. The molecular weight excluding hydrogens is 268 g/mol. The molecule has 1 aliphatic rings. The number of hydrogen-bond donors (Lipinski definition) is 3. The summed E-state index contributed by atoms with van der Waals surface area (Å²) < 4.78 is 0. The second-order valence-corrected chi connectivity index (χ2v) is 4.87. The van der Waals surface area contributed by atoms with Gasteiger partial charge in [-0.05, 0) is 22.6 Å². The maximum Gasteiger partial charge on any atom is 0.249 e. The summed E-state index contributed by atoms with van der Waals surface area (Å²) in [7, 11) is 0. The number of nitrogens with zero attached hydrogens (tertiary/aromatic N) is 3. The molecule has 2 aromatic rings. The van der Waals surface area contributed by atoms with Crippen molar-refractivity contribution >= 4 is 35.2 Å². The second-order valence-electron chi connectivity index (χ2n) is 3.72. The highest BCUT2D eigenvalue weighted by atomic mass is 32.2. The molecular formula is C10H8N6O2S. The van der Waals surface area contributed by atoms with Crippen molar-refractivity contribution in [2.45, 2.75) is 10.1 Å². The van der Waals surface area contributed by atoms with Crippen molar-refractivity contribution in [1.82, 2.24) is 20.6 Å². The van der Waals surface area contributed by atoms with Crippen LogP contribution in [0.2, 0.25) is 0 Å². The topological polar surface area (TPSA) is 113 Å². The van der Waals surface area contributed by atoms with E-state index in [0.717, 1.165) is 4.90 Å². The SMILES string of the molecule is O=C(Nc1nnn[nH]1)C1Sc2ccccc2NC1=O. The van der Waals surface area contributed by atoms with Gasteiger partial charge in [-0.2, -0.15) is 0 Å². The Morgan fingerprint density at radius 3 is 3.00 bits per heavy atom. The van der Waals surface area contributed by atoms with E-state index in [1.54, 1.807) is 6.07 Å². The summed E-state index contributed by atoms with van der Waals surface area (Å²) in [5, 5.41) is 16.8. The van der Waals surface area contributed by atoms with E-state index in [1.165, 1.54) is 11.8 Å². The molecule has 9 heteroatoms. The van der Waals surface area contributed by atoms with E-state index < -0.39 is 11.2 Å². The van der Waals surface area contributed by atoms with Crippen molar-refractivity contribution in [2.75, 3.05) is 10.6 Å². The average molecular weight is 276 g/mol. The van der Waals surface area contributed by atoms with Crippen LogP contribution in [0.25, 0.3) is 0 Å². The van der Waals surface area contributed by atoms with Crippen molar-refractivity contribution in [1.29, 1.82) is 0 Å². The fourth-order valence-corrected chi connectivity index (χ4v) is 2.61. The lowest BCUT2D eigenvalue weighted by Crippen LogP contribution is -2.39. The molecule has 1 aliphatic heterocycles. The fourth-order valence-electron chi connectivity index (χ4n) is 1.62. The van der Waals surface area contributed by atoms with Crippen molar-refractivity contribution < 1.29 is 9.59 Å². The Bertz CT molecular complexity index is 629. The Morgan fingerprint density at radius 1 is 1.37 bits per heavy atom. The molecule has 0 spiro atoms. The zero-order valence-corrected chi connectivity index (χ0v) is 10.3. The minimum atomic E-state index is -0.875. The number of amides is 2. The molecule has 0 saturated heterocycles. The highest BCUT2D eigenvalue weighted by Gasteiger charge is 2.33. The van der Waals surface area contributed by atoms with Gasteiger partial charge < -0.3 is 5.32 Å². The number of H-pyrrole nitrogens is 1. The van der Waals surface area contributed by atoms with Gasteiger partial charge in [0.25, 0.3) is 0 Å². The Labute approximate surface area is 111 Å². The molecule has 1 unspecified atom stereocenters. The minimum Gasteiger partial charge on any atom is -0.324 e. The van der Waals surface area contributed by atoms with E-state index in [2.05, 4.69) is 31.3 Å². The molecule has 1 aromatic heterocycles. The van der Waals surface area contributed by atoms with Crippen LogP contribution in [-0.4, -0.2) is 37.7 Å². The largest absolute Gasteiger partial charge is 0.324 e. The number of aromatic amines is 1. The predicted molar refractivity (Wildman–Crippen MR) is 67.5 cm³/mol. The van der Waals surface area contributed by atoms with Crippen LogP contribution in [0.15, 0.2) is 29.2 Å². The maximum absolute atomic E-state index is 12.0. The molecule has 8 nitrogen and oxygen atoms in total. The predicted octanol–water partition coefficient (Wildman–Crippen LogP) is 0.251. The van der Waals surface area contributed by atoms with Gasteiger partial charge in [-0.1, -0.05) is 17.2 Å². The van der Waals surface area contributed by atoms with Crippen LogP contribution in [0.5, 0.6) is 0 Å². The number of fused-ring (bicyclic) bond motifs is 1. The molecule has 2 amide bonds. The standard InChI is InChI=1S/C10H8N6O2S/c17-8-7(9(18)12-10-13-15-16-14-10)19-6-4-2-1-3-5(6)11-8/h1-4,7H,(H,11,17)(H2,12,13,14,15,16,18). The van der Waals surface area contributed by atoms with Crippen LogP contribution in [0.4, 0.5) is 11.6 Å². The molecule has 1 atom stereocenters. The first-order chi connectivity index (χ1) is 9.24. The summed E-state index contributed by atoms with van der Waals surface area (Å²) >= 11 is 1.19. The molecule has 0 saturated carbocycles. The number of carbonyl (C=O) groups excluding carboxylic acids is 2. The van der Waals surface area contributed by atoms with Crippen LogP contribution in [0.1, 0.15) is 0 Å². The van der Waals surface area contributed by atoms with Crippen LogP contribution in [0, 0.1) is 0 Å². The van der Waals surface area contributed by atoms with Crippen molar-refractivity contribution in [2.24, 2.45) is 0 Å². The molecule has 19 heavy (non-hydrogen) atoms. The molecule has 0 aliphatic carbocycles. The summed E-state index contributed by atoms with van der Waals surface area (Å²) in [6.07, 6.45) is 0. The van der Waals surface area contributed by atoms with Crippen LogP contribution in [0.3, 0.4) is 0 Å². The number of thioether (sulfide) groups is 1. The van der Waals surface area contributed by atoms with Crippen molar-refractivity contribution in [3.63, 3.8) is 0 Å². The maximum atomic E-state index is 12.0. The highest BCUT2D eigenvalue weighted by Crippen LogP contribution is 2.35. The number of rotatable bonds is 2. The van der Waals surface area contributed by atoms with E-state index >= 15 is 0 Å². The van der Waals surface area contributed by atoms with Crippen LogP contribution in [-0.2, 0) is 9.59 Å². The zero-order chi connectivity index (χ0) is 13.2. The third-order valence-corrected chi connectivity index (χ3v) is 3.73. The number of aromatic nitrogens is 4. The van der Waals surface area contributed by atoms with Crippen molar-refractivity contribution in [3.8, 4) is 0 Å². The third-order valence-electron chi connectivity index (χ3n) is 2.45. The average Bonchev–Trinajstić information content (AvgIpc) is 2.90.